The standard InChI is InChI=1S/C20H23N3O5/c1-13-5-8-16(28-13)11-22(3)17(24)12-23-18(25)20(2,21-19(23)26)14-6-9-15(27-4)10-7-14/h5-10H,11-12H2,1-4H3,(H,21,26)/t20-/m0/s1. The molecule has 2 aromatic rings. The van der Waals surface area contributed by atoms with Crippen LogP contribution in [0.5, 0.6) is 5.75 Å². The molecule has 0 spiro atoms. The molecule has 3 rings (SSSR count). The number of hydrogen-bond donors (Lipinski definition) is 1. The maximum atomic E-state index is 12.9. The van der Waals surface area contributed by atoms with Crippen LogP contribution in [0.3, 0.4) is 0 Å². The summed E-state index contributed by atoms with van der Waals surface area (Å²) in [5.41, 5.74) is -0.624. The van der Waals surface area contributed by atoms with Crippen LogP contribution < -0.4 is 10.1 Å². The third kappa shape index (κ3) is 3.58. The van der Waals surface area contributed by atoms with Gasteiger partial charge in [0.2, 0.25) is 5.91 Å². The van der Waals surface area contributed by atoms with Gasteiger partial charge < -0.3 is 19.4 Å². The second-order valence-electron chi connectivity index (χ2n) is 6.94. The second kappa shape index (κ2) is 7.38. The number of likely N-dealkylation sites (N-methyl/N-ethyl adjacent to an activating group) is 1. The van der Waals surface area contributed by atoms with Gasteiger partial charge in [-0.3, -0.25) is 14.5 Å². The summed E-state index contributed by atoms with van der Waals surface area (Å²) in [6, 6.07) is 9.86. The lowest BCUT2D eigenvalue weighted by Gasteiger charge is -2.23. The molecule has 8 heteroatoms. The van der Waals surface area contributed by atoms with E-state index < -0.39 is 17.5 Å². The molecule has 2 heterocycles. The molecule has 0 bridgehead atoms. The molecule has 0 unspecified atom stereocenters. The van der Waals surface area contributed by atoms with Crippen molar-refractivity contribution in [2.24, 2.45) is 0 Å². The average Bonchev–Trinajstić information content (AvgIpc) is 3.18. The summed E-state index contributed by atoms with van der Waals surface area (Å²) >= 11 is 0. The van der Waals surface area contributed by atoms with Crippen molar-refractivity contribution in [3.8, 4) is 5.75 Å². The smallest absolute Gasteiger partial charge is 0.325 e. The number of furan rings is 1. The zero-order valence-corrected chi connectivity index (χ0v) is 16.3. The van der Waals surface area contributed by atoms with E-state index in [1.165, 1.54) is 4.90 Å². The molecule has 1 aliphatic rings. The third-order valence-corrected chi connectivity index (χ3v) is 4.85. The van der Waals surface area contributed by atoms with E-state index in [0.717, 1.165) is 10.7 Å². The van der Waals surface area contributed by atoms with Crippen molar-refractivity contribution in [1.82, 2.24) is 15.1 Å². The fraction of sp³-hybridized carbons (Fsp3) is 0.350. The van der Waals surface area contributed by atoms with Gasteiger partial charge in [-0.1, -0.05) is 12.1 Å². The second-order valence-corrected chi connectivity index (χ2v) is 6.94. The van der Waals surface area contributed by atoms with Gasteiger partial charge in [0.15, 0.2) is 0 Å². The Morgan fingerprint density at radius 2 is 1.89 bits per heavy atom. The van der Waals surface area contributed by atoms with Gasteiger partial charge in [0.1, 0.15) is 29.4 Å². The molecule has 148 valence electrons. The van der Waals surface area contributed by atoms with Crippen molar-refractivity contribution >= 4 is 17.8 Å². The monoisotopic (exact) mass is 385 g/mol. The normalized spacial score (nSPS) is 18.9. The first kappa shape index (κ1) is 19.5. The number of benzene rings is 1. The predicted octanol–water partition coefficient (Wildman–Crippen LogP) is 2.02. The van der Waals surface area contributed by atoms with E-state index in [-0.39, 0.29) is 19.0 Å². The number of aryl methyl sites for hydroxylation is 1. The van der Waals surface area contributed by atoms with E-state index in [1.54, 1.807) is 51.4 Å². The summed E-state index contributed by atoms with van der Waals surface area (Å²) in [7, 11) is 3.15. The molecule has 1 saturated heterocycles. The van der Waals surface area contributed by atoms with Crippen LogP contribution in [0.1, 0.15) is 24.0 Å². The molecule has 8 nitrogen and oxygen atoms in total. The number of carbonyl (C=O) groups is 3. The molecule has 0 aliphatic carbocycles. The van der Waals surface area contributed by atoms with Gasteiger partial charge in [-0.2, -0.15) is 0 Å². The van der Waals surface area contributed by atoms with Gasteiger partial charge in [-0.05, 0) is 43.7 Å². The van der Waals surface area contributed by atoms with Crippen molar-refractivity contribution in [2.45, 2.75) is 25.9 Å². The number of hydrogen-bond acceptors (Lipinski definition) is 5. The van der Waals surface area contributed by atoms with E-state index in [1.807, 2.05) is 13.0 Å². The molecular weight excluding hydrogens is 362 g/mol. The van der Waals surface area contributed by atoms with Crippen molar-refractivity contribution in [2.75, 3.05) is 20.7 Å². The summed E-state index contributed by atoms with van der Waals surface area (Å²) < 4.78 is 10.6. The highest BCUT2D eigenvalue weighted by atomic mass is 16.5. The molecule has 1 aliphatic heterocycles. The minimum Gasteiger partial charge on any atom is -0.497 e. The zero-order chi connectivity index (χ0) is 20.5. The first-order valence-corrected chi connectivity index (χ1v) is 8.82. The van der Waals surface area contributed by atoms with E-state index >= 15 is 0 Å². The number of methoxy groups -OCH3 is 1. The Labute approximate surface area is 163 Å². The van der Waals surface area contributed by atoms with Gasteiger partial charge in [0.25, 0.3) is 5.91 Å². The number of rotatable bonds is 6. The van der Waals surface area contributed by atoms with Gasteiger partial charge in [0.05, 0.1) is 13.7 Å². The maximum absolute atomic E-state index is 12.9. The molecule has 1 aromatic carbocycles. The van der Waals surface area contributed by atoms with Crippen LogP contribution in [0.4, 0.5) is 4.79 Å². The molecule has 1 aromatic heterocycles. The fourth-order valence-corrected chi connectivity index (χ4v) is 3.11. The van der Waals surface area contributed by atoms with Gasteiger partial charge >= 0.3 is 6.03 Å². The van der Waals surface area contributed by atoms with Crippen LogP contribution in [-0.2, 0) is 21.7 Å². The zero-order valence-electron chi connectivity index (χ0n) is 16.3. The maximum Gasteiger partial charge on any atom is 0.325 e. The Morgan fingerprint density at radius 1 is 1.21 bits per heavy atom. The first-order valence-electron chi connectivity index (χ1n) is 8.82. The first-order chi connectivity index (χ1) is 13.2. The molecule has 1 atom stereocenters. The summed E-state index contributed by atoms with van der Waals surface area (Å²) in [5, 5.41) is 2.69. The Morgan fingerprint density at radius 3 is 2.46 bits per heavy atom. The van der Waals surface area contributed by atoms with Crippen molar-refractivity contribution in [3.05, 3.63) is 53.5 Å². The van der Waals surface area contributed by atoms with Crippen LogP contribution in [0.2, 0.25) is 0 Å². The number of carbonyl (C=O) groups excluding carboxylic acids is 3. The number of imide groups is 1. The van der Waals surface area contributed by atoms with Crippen LogP contribution in [-0.4, -0.2) is 48.3 Å². The lowest BCUT2D eigenvalue weighted by molar-refractivity contribution is -0.138. The minimum absolute atomic E-state index is 0.256. The van der Waals surface area contributed by atoms with E-state index in [4.69, 9.17) is 9.15 Å². The Hall–Kier alpha value is -3.29. The summed E-state index contributed by atoms with van der Waals surface area (Å²) in [6.45, 7) is 3.35. The summed E-state index contributed by atoms with van der Waals surface area (Å²) in [6.07, 6.45) is 0. The summed E-state index contributed by atoms with van der Waals surface area (Å²) in [5.74, 6) is 1.19. The Balaban J connectivity index is 1.71. The Kier molecular flexibility index (Phi) is 5.13. The quantitative estimate of drug-likeness (QED) is 0.768. The molecular formula is C20H23N3O5. The number of nitrogens with one attached hydrogen (secondary N) is 1. The van der Waals surface area contributed by atoms with Crippen LogP contribution in [0, 0.1) is 6.92 Å². The van der Waals surface area contributed by atoms with Crippen LogP contribution in [0.25, 0.3) is 0 Å². The van der Waals surface area contributed by atoms with Gasteiger partial charge in [-0.25, -0.2) is 4.79 Å². The van der Waals surface area contributed by atoms with E-state index in [0.29, 0.717) is 17.1 Å². The average molecular weight is 385 g/mol. The molecule has 0 saturated carbocycles. The van der Waals surface area contributed by atoms with Crippen molar-refractivity contribution in [1.29, 1.82) is 0 Å². The fourth-order valence-electron chi connectivity index (χ4n) is 3.11. The largest absolute Gasteiger partial charge is 0.497 e. The molecule has 1 fully saturated rings. The van der Waals surface area contributed by atoms with E-state index in [2.05, 4.69) is 5.32 Å². The topological polar surface area (TPSA) is 92.1 Å². The third-order valence-electron chi connectivity index (χ3n) is 4.85. The van der Waals surface area contributed by atoms with E-state index in [9.17, 15) is 14.4 Å². The molecule has 28 heavy (non-hydrogen) atoms. The molecule has 1 N–H and O–H groups in total. The van der Waals surface area contributed by atoms with Crippen molar-refractivity contribution in [3.63, 3.8) is 0 Å². The number of ether oxygens (including phenoxy) is 1. The van der Waals surface area contributed by atoms with Crippen LogP contribution >= 0.6 is 0 Å². The lowest BCUT2D eigenvalue weighted by atomic mass is 9.92. The number of amides is 4. The minimum atomic E-state index is -1.24. The molecule has 4 amide bonds. The summed E-state index contributed by atoms with van der Waals surface area (Å²) in [4.78, 5) is 40.2. The molecule has 0 radical (unpaired) electrons. The SMILES string of the molecule is COc1ccc([C@]2(C)NC(=O)N(CC(=O)N(C)Cc3ccc(C)o3)C2=O)cc1. The van der Waals surface area contributed by atoms with Crippen LogP contribution in [0.15, 0.2) is 40.8 Å². The Bertz CT molecular complexity index is 905. The predicted molar refractivity (Wildman–Crippen MR) is 101 cm³/mol. The van der Waals surface area contributed by atoms with Gasteiger partial charge in [0, 0.05) is 7.05 Å². The lowest BCUT2D eigenvalue weighted by Crippen LogP contribution is -2.43. The highest BCUT2D eigenvalue weighted by molar-refractivity contribution is 6.09. The van der Waals surface area contributed by atoms with Gasteiger partial charge in [-0.15, -0.1) is 0 Å². The number of urea groups is 1. The van der Waals surface area contributed by atoms with Crippen molar-refractivity contribution < 1.29 is 23.5 Å². The number of nitrogens with zero attached hydrogens (tertiary/aromatic N) is 2. The highest BCUT2D eigenvalue weighted by Crippen LogP contribution is 2.30. The highest BCUT2D eigenvalue weighted by Gasteiger charge is 2.49.